The molecule has 1 fully saturated rings. The van der Waals surface area contributed by atoms with Crippen molar-refractivity contribution < 1.29 is 19.1 Å². The highest BCUT2D eigenvalue weighted by atomic mass is 32.1. The van der Waals surface area contributed by atoms with Gasteiger partial charge in [-0.2, -0.15) is 0 Å². The Kier molecular flexibility index (Phi) is 6.98. The van der Waals surface area contributed by atoms with E-state index in [-0.39, 0.29) is 24.3 Å². The summed E-state index contributed by atoms with van der Waals surface area (Å²) in [5, 5.41) is 5.03. The van der Waals surface area contributed by atoms with Crippen LogP contribution in [0.1, 0.15) is 28.2 Å². The molecule has 2 heterocycles. The maximum Gasteiger partial charge on any atom is 0.258 e. The minimum Gasteiger partial charge on any atom is -0.484 e. The topological polar surface area (TPSA) is 67.9 Å². The molecule has 1 aromatic carbocycles. The zero-order valence-corrected chi connectivity index (χ0v) is 16.2. The number of hydrogen-bond acceptors (Lipinski definition) is 6. The maximum atomic E-state index is 12.2. The van der Waals surface area contributed by atoms with Gasteiger partial charge in [-0.3, -0.25) is 14.5 Å². The van der Waals surface area contributed by atoms with Gasteiger partial charge in [0.25, 0.3) is 5.91 Å². The lowest BCUT2D eigenvalue weighted by atomic mass is 10.1. The minimum atomic E-state index is -0.166. The number of morpholine rings is 1. The van der Waals surface area contributed by atoms with Crippen molar-refractivity contribution >= 4 is 23.0 Å². The molecule has 0 aliphatic carbocycles. The zero-order valence-electron chi connectivity index (χ0n) is 15.3. The van der Waals surface area contributed by atoms with Crippen molar-refractivity contribution in [2.24, 2.45) is 0 Å². The summed E-state index contributed by atoms with van der Waals surface area (Å²) in [5.74, 6) is 0.403. The van der Waals surface area contributed by atoms with E-state index < -0.39 is 0 Å². The maximum absolute atomic E-state index is 12.2. The van der Waals surface area contributed by atoms with Crippen LogP contribution in [0.15, 0.2) is 41.8 Å². The second-order valence-electron chi connectivity index (χ2n) is 6.35. The number of thiophene rings is 1. The molecule has 2 aromatic rings. The Morgan fingerprint density at radius 3 is 2.59 bits per heavy atom. The fourth-order valence-corrected chi connectivity index (χ4v) is 3.84. The van der Waals surface area contributed by atoms with Crippen molar-refractivity contribution in [1.29, 1.82) is 0 Å². The first-order chi connectivity index (χ1) is 13.1. The van der Waals surface area contributed by atoms with Gasteiger partial charge < -0.3 is 14.8 Å². The van der Waals surface area contributed by atoms with Gasteiger partial charge >= 0.3 is 0 Å². The van der Waals surface area contributed by atoms with Crippen LogP contribution in [-0.4, -0.2) is 56.0 Å². The van der Waals surface area contributed by atoms with E-state index >= 15 is 0 Å². The third-order valence-corrected chi connectivity index (χ3v) is 5.45. The second kappa shape index (κ2) is 9.64. The SMILES string of the molecule is CC(=O)c1ccc(OCC(=O)NC[C@@H](c2cccs2)N2CCOCC2)cc1. The van der Waals surface area contributed by atoms with Crippen molar-refractivity contribution in [3.63, 3.8) is 0 Å². The average Bonchev–Trinajstić information content (AvgIpc) is 3.22. The molecule has 1 aliphatic rings. The predicted octanol–water partition coefficient (Wildman–Crippen LogP) is 2.52. The van der Waals surface area contributed by atoms with Crippen LogP contribution >= 0.6 is 11.3 Å². The van der Waals surface area contributed by atoms with Gasteiger partial charge in [0.05, 0.1) is 19.3 Å². The number of ketones is 1. The molecule has 7 heteroatoms. The summed E-state index contributed by atoms with van der Waals surface area (Å²) in [5.41, 5.74) is 0.621. The van der Waals surface area contributed by atoms with Crippen LogP contribution in [0.5, 0.6) is 5.75 Å². The monoisotopic (exact) mass is 388 g/mol. The van der Waals surface area contributed by atoms with Gasteiger partial charge in [-0.1, -0.05) is 6.07 Å². The number of hydrogen-bond donors (Lipinski definition) is 1. The van der Waals surface area contributed by atoms with E-state index in [4.69, 9.17) is 9.47 Å². The Morgan fingerprint density at radius 2 is 1.96 bits per heavy atom. The van der Waals surface area contributed by atoms with Gasteiger partial charge in [0.15, 0.2) is 12.4 Å². The number of nitrogens with zero attached hydrogens (tertiary/aromatic N) is 1. The largest absolute Gasteiger partial charge is 0.484 e. The number of carbonyl (C=O) groups is 2. The standard InChI is InChI=1S/C20H24N2O4S/c1-15(23)16-4-6-17(7-5-16)26-14-20(24)21-13-18(19-3-2-12-27-19)22-8-10-25-11-9-22/h2-7,12,18H,8-11,13-14H2,1H3,(H,21,24)/t18-/m0/s1. The summed E-state index contributed by atoms with van der Waals surface area (Å²) in [6.45, 7) is 5.15. The summed E-state index contributed by atoms with van der Waals surface area (Å²) in [6.07, 6.45) is 0. The van der Waals surface area contributed by atoms with Crippen LogP contribution in [0.3, 0.4) is 0 Å². The minimum absolute atomic E-state index is 0.00187. The van der Waals surface area contributed by atoms with Gasteiger partial charge in [-0.05, 0) is 42.6 Å². The molecule has 0 saturated carbocycles. The fourth-order valence-electron chi connectivity index (χ4n) is 2.98. The quantitative estimate of drug-likeness (QED) is 0.704. The first-order valence-electron chi connectivity index (χ1n) is 8.99. The molecule has 0 spiro atoms. The number of nitrogens with one attached hydrogen (secondary N) is 1. The molecule has 3 rings (SSSR count). The Bertz CT molecular complexity index is 740. The van der Waals surface area contributed by atoms with Crippen LogP contribution in [-0.2, 0) is 9.53 Å². The summed E-state index contributed by atoms with van der Waals surface area (Å²) in [6, 6.07) is 11.1. The molecule has 6 nitrogen and oxygen atoms in total. The van der Waals surface area contributed by atoms with E-state index in [0.29, 0.717) is 17.9 Å². The van der Waals surface area contributed by atoms with E-state index in [1.54, 1.807) is 35.6 Å². The number of benzene rings is 1. The lowest BCUT2D eigenvalue weighted by molar-refractivity contribution is -0.123. The Labute approximate surface area is 163 Å². The number of amides is 1. The fraction of sp³-hybridized carbons (Fsp3) is 0.400. The Hall–Kier alpha value is -2.22. The first-order valence-corrected chi connectivity index (χ1v) is 9.87. The predicted molar refractivity (Wildman–Crippen MR) is 104 cm³/mol. The molecule has 1 N–H and O–H groups in total. The van der Waals surface area contributed by atoms with Gasteiger partial charge in [0.2, 0.25) is 0 Å². The summed E-state index contributed by atoms with van der Waals surface area (Å²) >= 11 is 1.70. The Morgan fingerprint density at radius 1 is 1.22 bits per heavy atom. The number of carbonyl (C=O) groups excluding carboxylic acids is 2. The summed E-state index contributed by atoms with van der Waals surface area (Å²) < 4.78 is 11.0. The number of rotatable bonds is 8. The molecule has 1 atom stereocenters. The molecule has 144 valence electrons. The lowest BCUT2D eigenvalue weighted by Gasteiger charge is -2.34. The normalized spacial score (nSPS) is 15.9. The van der Waals surface area contributed by atoms with Gasteiger partial charge in [-0.25, -0.2) is 0 Å². The van der Waals surface area contributed by atoms with E-state index in [1.807, 2.05) is 6.07 Å². The van der Waals surface area contributed by atoms with Crippen LogP contribution < -0.4 is 10.1 Å². The molecule has 0 unspecified atom stereocenters. The van der Waals surface area contributed by atoms with E-state index in [1.165, 1.54) is 11.8 Å². The third kappa shape index (κ3) is 5.63. The number of Topliss-reactive ketones (excluding diaryl/α,β-unsaturated/α-hetero) is 1. The summed E-state index contributed by atoms with van der Waals surface area (Å²) in [7, 11) is 0. The highest BCUT2D eigenvalue weighted by molar-refractivity contribution is 7.10. The first kappa shape index (κ1) is 19.5. The average molecular weight is 388 g/mol. The molecule has 1 aromatic heterocycles. The van der Waals surface area contributed by atoms with E-state index in [2.05, 4.69) is 21.7 Å². The molecule has 1 saturated heterocycles. The number of ether oxygens (including phenoxy) is 2. The molecule has 0 bridgehead atoms. The second-order valence-corrected chi connectivity index (χ2v) is 7.33. The summed E-state index contributed by atoms with van der Waals surface area (Å²) in [4.78, 5) is 27.1. The molecule has 1 aliphatic heterocycles. The molecule has 0 radical (unpaired) electrons. The van der Waals surface area contributed by atoms with Crippen LogP contribution in [0.2, 0.25) is 0 Å². The van der Waals surface area contributed by atoms with Crippen molar-refractivity contribution in [1.82, 2.24) is 10.2 Å². The van der Waals surface area contributed by atoms with Gasteiger partial charge in [-0.15, -0.1) is 11.3 Å². The molecule has 1 amide bonds. The molecular weight excluding hydrogens is 364 g/mol. The highest BCUT2D eigenvalue weighted by Crippen LogP contribution is 2.25. The van der Waals surface area contributed by atoms with E-state index in [9.17, 15) is 9.59 Å². The third-order valence-electron chi connectivity index (χ3n) is 4.48. The van der Waals surface area contributed by atoms with Crippen molar-refractivity contribution in [2.45, 2.75) is 13.0 Å². The highest BCUT2D eigenvalue weighted by Gasteiger charge is 2.23. The smallest absolute Gasteiger partial charge is 0.258 e. The lowest BCUT2D eigenvalue weighted by Crippen LogP contribution is -2.44. The van der Waals surface area contributed by atoms with Gasteiger partial charge in [0, 0.05) is 30.1 Å². The van der Waals surface area contributed by atoms with E-state index in [0.717, 1.165) is 26.3 Å². The van der Waals surface area contributed by atoms with Crippen molar-refractivity contribution in [3.05, 3.63) is 52.2 Å². The van der Waals surface area contributed by atoms with Gasteiger partial charge in [0.1, 0.15) is 5.75 Å². The Balaban J connectivity index is 1.50. The van der Waals surface area contributed by atoms with Crippen LogP contribution in [0, 0.1) is 0 Å². The van der Waals surface area contributed by atoms with Crippen molar-refractivity contribution in [3.8, 4) is 5.75 Å². The van der Waals surface area contributed by atoms with Crippen LogP contribution in [0.4, 0.5) is 0 Å². The molecular formula is C20H24N2O4S. The zero-order chi connectivity index (χ0) is 19.1. The molecule has 27 heavy (non-hydrogen) atoms. The van der Waals surface area contributed by atoms with Crippen LogP contribution in [0.25, 0.3) is 0 Å². The van der Waals surface area contributed by atoms with Crippen molar-refractivity contribution in [2.75, 3.05) is 39.5 Å².